The van der Waals surface area contributed by atoms with Crippen LogP contribution >= 0.6 is 11.6 Å². The third-order valence-corrected chi connectivity index (χ3v) is 14.4. The number of anilines is 1. The Balaban J connectivity index is 1.16. The van der Waals surface area contributed by atoms with Crippen LogP contribution in [0.2, 0.25) is 5.02 Å². The third-order valence-electron chi connectivity index (χ3n) is 12.2. The lowest BCUT2D eigenvalue weighted by Crippen LogP contribution is -2.65. The van der Waals surface area contributed by atoms with Crippen LogP contribution in [0.5, 0.6) is 5.75 Å². The molecule has 4 heterocycles. The summed E-state index contributed by atoms with van der Waals surface area (Å²) in [6, 6.07) is 11.2. The fraction of sp³-hybridized carbons (Fsp3) is 0.590. The van der Waals surface area contributed by atoms with Crippen LogP contribution in [-0.2, 0) is 31.2 Å². The van der Waals surface area contributed by atoms with Gasteiger partial charge in [0.2, 0.25) is 0 Å². The Bertz CT molecular complexity index is 1850. The van der Waals surface area contributed by atoms with Gasteiger partial charge in [0.15, 0.2) is 0 Å². The molecule has 0 radical (unpaired) electrons. The van der Waals surface area contributed by atoms with Crippen molar-refractivity contribution in [2.45, 2.75) is 75.4 Å². The molecule has 1 unspecified atom stereocenters. The van der Waals surface area contributed by atoms with E-state index in [1.165, 1.54) is 11.1 Å². The maximum absolute atomic E-state index is 14.6. The predicted molar refractivity (Wildman–Crippen MR) is 198 cm³/mol. The van der Waals surface area contributed by atoms with E-state index in [1.807, 2.05) is 25.1 Å². The summed E-state index contributed by atoms with van der Waals surface area (Å²) in [5.41, 5.74) is 3.16. The molecule has 12 heteroatoms. The molecule has 2 aromatic carbocycles. The summed E-state index contributed by atoms with van der Waals surface area (Å²) in [6.07, 6.45) is 11.9. The summed E-state index contributed by atoms with van der Waals surface area (Å²) in [7, 11) is -1.70. The van der Waals surface area contributed by atoms with Gasteiger partial charge in [-0.15, -0.1) is 4.36 Å². The Morgan fingerprint density at radius 3 is 2.75 bits per heavy atom. The Hall–Kier alpha value is -3.12. The number of methoxy groups -OCH3 is 1. The fourth-order valence-electron chi connectivity index (χ4n) is 9.37. The van der Waals surface area contributed by atoms with Crippen molar-refractivity contribution in [3.05, 3.63) is 70.3 Å². The Morgan fingerprint density at radius 2 is 1.98 bits per heavy atom. The minimum atomic E-state index is -3.48. The van der Waals surface area contributed by atoms with Crippen molar-refractivity contribution in [3.63, 3.8) is 0 Å². The zero-order valence-corrected chi connectivity index (χ0v) is 31.2. The van der Waals surface area contributed by atoms with E-state index in [1.54, 1.807) is 18.1 Å². The number of urea groups is 1. The molecule has 2 aliphatic carbocycles. The van der Waals surface area contributed by atoms with E-state index in [0.717, 1.165) is 68.7 Å². The van der Waals surface area contributed by atoms with Crippen molar-refractivity contribution < 1.29 is 28.0 Å². The number of fused-ring (bicyclic) bond motifs is 4. The highest BCUT2D eigenvalue weighted by Gasteiger charge is 2.49. The van der Waals surface area contributed by atoms with Crippen LogP contribution in [0, 0.1) is 17.8 Å². The van der Waals surface area contributed by atoms with Crippen molar-refractivity contribution in [2.75, 3.05) is 57.2 Å². The van der Waals surface area contributed by atoms with E-state index in [2.05, 4.69) is 38.3 Å². The molecule has 1 saturated carbocycles. The molecule has 2 aromatic rings. The van der Waals surface area contributed by atoms with Gasteiger partial charge in [0.25, 0.3) is 5.91 Å². The van der Waals surface area contributed by atoms with E-state index < -0.39 is 21.9 Å². The smallest absolute Gasteiger partial charge is 0.330 e. The molecule has 274 valence electrons. The van der Waals surface area contributed by atoms with Crippen LogP contribution in [0.3, 0.4) is 0 Å². The summed E-state index contributed by atoms with van der Waals surface area (Å²) < 4.78 is 40.2. The van der Waals surface area contributed by atoms with Gasteiger partial charge in [0.05, 0.1) is 37.2 Å². The van der Waals surface area contributed by atoms with Gasteiger partial charge in [-0.1, -0.05) is 36.7 Å². The average Bonchev–Trinajstić information content (AvgIpc) is 3.52. The van der Waals surface area contributed by atoms with Crippen LogP contribution in [0.25, 0.3) is 0 Å². The maximum Gasteiger partial charge on any atom is 0.330 e. The summed E-state index contributed by atoms with van der Waals surface area (Å²) >= 11 is 6.46. The largest absolute Gasteiger partial charge is 0.490 e. The highest BCUT2D eigenvalue weighted by molar-refractivity contribution is 7.92. The standard InChI is InChI=1S/C39H49ClN4O6S/c1-26-6-3-8-34(48-2)31-12-9-29(31)20-43-22-38(15-4-7-27-18-30(40)11-13-32(27)38)25-49-35-14-10-28(19-33(35)43)36(45)41-51(47,21-26)42-37(46)44-23-39(24-44)16-5-17-50-39/h3,8,10-11,13-14,18-19,26,29,31,34H,4-7,9,12,15-17,20-25H2,1-2H3,(H,41,42,45,46,47)/b8-3-/t26-,29-,31+,34-,38-,51?/m0/s1. The lowest BCUT2D eigenvalue weighted by atomic mass is 9.68. The van der Waals surface area contributed by atoms with Crippen molar-refractivity contribution >= 4 is 39.1 Å². The molecule has 8 rings (SSSR count). The molecular formula is C39H49ClN4O6S. The van der Waals surface area contributed by atoms with Crippen LogP contribution in [0.1, 0.15) is 73.4 Å². The monoisotopic (exact) mass is 736 g/mol. The van der Waals surface area contributed by atoms with Crippen molar-refractivity contribution in [1.29, 1.82) is 0 Å². The van der Waals surface area contributed by atoms with Crippen molar-refractivity contribution in [3.8, 4) is 5.75 Å². The van der Waals surface area contributed by atoms with Gasteiger partial charge in [-0.05, 0) is 111 Å². The van der Waals surface area contributed by atoms with Gasteiger partial charge < -0.3 is 24.0 Å². The number of benzene rings is 2. The molecule has 2 spiro atoms. The second-order valence-electron chi connectivity index (χ2n) is 15.9. The molecule has 6 atom stereocenters. The van der Waals surface area contributed by atoms with Crippen LogP contribution < -0.4 is 14.4 Å². The molecule has 3 fully saturated rings. The molecule has 2 saturated heterocycles. The summed E-state index contributed by atoms with van der Waals surface area (Å²) in [6.45, 7) is 5.59. The lowest BCUT2D eigenvalue weighted by molar-refractivity contribution is -0.0905. The van der Waals surface area contributed by atoms with Gasteiger partial charge in [-0.3, -0.25) is 9.52 Å². The zero-order valence-electron chi connectivity index (χ0n) is 29.6. The molecule has 2 bridgehead atoms. The fourth-order valence-corrected chi connectivity index (χ4v) is 11.4. The lowest BCUT2D eigenvalue weighted by Gasteiger charge is -2.46. The number of hydrogen-bond donors (Lipinski definition) is 1. The van der Waals surface area contributed by atoms with Crippen LogP contribution in [-0.4, -0.2) is 85.0 Å². The SMILES string of the molecule is CO[C@H]1/C=C\C[C@H](C)CS(=O)(NC(=O)N2CC3(CCCO3)C2)=NC(=O)c2ccc3c(c2)N(C[C@@H]2CC[C@H]21)C[C@@]1(CCCc2cc(Cl)ccc21)CO3. The summed E-state index contributed by atoms with van der Waals surface area (Å²) in [5.74, 6) is 0.773. The molecule has 3 amide bonds. The Labute approximate surface area is 306 Å². The van der Waals surface area contributed by atoms with Crippen LogP contribution in [0.4, 0.5) is 10.5 Å². The third kappa shape index (κ3) is 6.80. The number of rotatable bonds is 2. The van der Waals surface area contributed by atoms with E-state index >= 15 is 0 Å². The predicted octanol–water partition coefficient (Wildman–Crippen LogP) is 6.55. The number of ether oxygens (including phenoxy) is 3. The first kappa shape index (κ1) is 34.9. The summed E-state index contributed by atoms with van der Waals surface area (Å²) in [5, 5.41) is 0.746. The first-order valence-corrected chi connectivity index (χ1v) is 20.6. The Kier molecular flexibility index (Phi) is 9.38. The quantitative estimate of drug-likeness (QED) is 0.349. The molecule has 6 aliphatic rings. The average molecular weight is 737 g/mol. The number of allylic oxidation sites excluding steroid dienone is 1. The van der Waals surface area contributed by atoms with Gasteiger partial charge in [-0.2, -0.15) is 0 Å². The normalized spacial score (nSPS) is 33.5. The number of nitrogens with one attached hydrogen (secondary N) is 1. The van der Waals surface area contributed by atoms with E-state index in [9.17, 15) is 13.8 Å². The number of likely N-dealkylation sites (tertiary alicyclic amines) is 1. The second kappa shape index (κ2) is 13.7. The van der Waals surface area contributed by atoms with Gasteiger partial charge in [0, 0.05) is 42.8 Å². The highest BCUT2D eigenvalue weighted by Crippen LogP contribution is 2.47. The topological polar surface area (TPSA) is 110 Å². The number of amides is 3. The number of nitrogens with zero attached hydrogens (tertiary/aromatic N) is 3. The minimum absolute atomic E-state index is 0.0418. The number of carbonyl (C=O) groups is 2. The maximum atomic E-state index is 14.6. The molecule has 1 N–H and O–H groups in total. The van der Waals surface area contributed by atoms with E-state index in [4.69, 9.17) is 25.8 Å². The molecule has 51 heavy (non-hydrogen) atoms. The van der Waals surface area contributed by atoms with Crippen molar-refractivity contribution in [2.24, 2.45) is 22.1 Å². The van der Waals surface area contributed by atoms with Gasteiger partial charge >= 0.3 is 6.03 Å². The van der Waals surface area contributed by atoms with E-state index in [0.29, 0.717) is 55.9 Å². The van der Waals surface area contributed by atoms with Gasteiger partial charge in [-0.25, -0.2) is 9.00 Å². The second-order valence-corrected chi connectivity index (χ2v) is 18.3. The zero-order chi connectivity index (χ0) is 35.4. The first-order chi connectivity index (χ1) is 24.6. The molecule has 0 aromatic heterocycles. The highest BCUT2D eigenvalue weighted by atomic mass is 35.5. The van der Waals surface area contributed by atoms with Crippen LogP contribution in [0.15, 0.2) is 52.9 Å². The summed E-state index contributed by atoms with van der Waals surface area (Å²) in [4.78, 5) is 31.4. The molecule has 10 nitrogen and oxygen atoms in total. The first-order valence-electron chi connectivity index (χ1n) is 18.6. The van der Waals surface area contributed by atoms with E-state index in [-0.39, 0.29) is 28.8 Å². The number of carbonyl (C=O) groups excluding carboxylic acids is 2. The van der Waals surface area contributed by atoms with Crippen molar-refractivity contribution in [1.82, 2.24) is 9.62 Å². The number of halogens is 1. The number of aryl methyl sites for hydroxylation is 1. The van der Waals surface area contributed by atoms with Gasteiger partial charge in [0.1, 0.15) is 21.3 Å². The number of hydrogen-bond acceptors (Lipinski definition) is 7. The Morgan fingerprint density at radius 1 is 1.12 bits per heavy atom. The molecule has 4 aliphatic heterocycles. The molecular weight excluding hydrogens is 688 g/mol. The minimum Gasteiger partial charge on any atom is -0.490 e.